The van der Waals surface area contributed by atoms with Gasteiger partial charge in [0.05, 0.1) is 6.54 Å². The molecule has 3 rings (SSSR count). The van der Waals surface area contributed by atoms with Gasteiger partial charge in [0.25, 0.3) is 11.5 Å². The van der Waals surface area contributed by atoms with E-state index in [9.17, 15) is 14.7 Å². The van der Waals surface area contributed by atoms with Gasteiger partial charge in [-0.3, -0.25) is 14.6 Å². The van der Waals surface area contributed by atoms with Crippen LogP contribution in [0.15, 0.2) is 41.6 Å². The molecule has 0 aliphatic carbocycles. The third kappa shape index (κ3) is 2.57. The number of pyridine rings is 2. The van der Waals surface area contributed by atoms with Crippen molar-refractivity contribution in [3.63, 3.8) is 0 Å². The Hall–Kier alpha value is -2.47. The summed E-state index contributed by atoms with van der Waals surface area (Å²) < 4.78 is 0. The van der Waals surface area contributed by atoms with Crippen LogP contribution in [0.25, 0.3) is 0 Å². The van der Waals surface area contributed by atoms with Crippen molar-refractivity contribution in [3.05, 3.63) is 63.8 Å². The van der Waals surface area contributed by atoms with Crippen LogP contribution in [0.4, 0.5) is 0 Å². The van der Waals surface area contributed by atoms with Crippen molar-refractivity contribution >= 4 is 5.91 Å². The molecule has 0 radical (unpaired) electrons. The highest BCUT2D eigenvalue weighted by atomic mass is 16.3. The van der Waals surface area contributed by atoms with Crippen LogP contribution >= 0.6 is 0 Å². The van der Waals surface area contributed by atoms with Gasteiger partial charge in [0, 0.05) is 36.3 Å². The fraction of sp³-hybridized carbons (Fsp3) is 0.267. The molecule has 0 saturated heterocycles. The van der Waals surface area contributed by atoms with E-state index in [4.69, 9.17) is 0 Å². The van der Waals surface area contributed by atoms with Gasteiger partial charge < -0.3 is 15.0 Å². The Bertz CT molecular complexity index is 712. The molecule has 0 fully saturated rings. The number of H-pyrrole nitrogens is 1. The molecule has 6 heteroatoms. The summed E-state index contributed by atoms with van der Waals surface area (Å²) in [5.41, 5.74) is 1.82. The molecule has 2 N–H and O–H groups in total. The lowest BCUT2D eigenvalue weighted by molar-refractivity contribution is -0.141. The van der Waals surface area contributed by atoms with Crippen LogP contribution in [0.2, 0.25) is 0 Å². The molecule has 1 aliphatic rings. The molecule has 1 unspecified atom stereocenters. The molecule has 2 aromatic rings. The SMILES string of the molecule is O=C(C(O)c1cccnc1)N1CCc2cc[nH]c(=O)c2C1. The lowest BCUT2D eigenvalue weighted by Gasteiger charge is -2.29. The van der Waals surface area contributed by atoms with E-state index in [0.29, 0.717) is 24.1 Å². The van der Waals surface area contributed by atoms with Crippen molar-refractivity contribution in [1.82, 2.24) is 14.9 Å². The number of aliphatic hydroxyl groups excluding tert-OH is 1. The van der Waals surface area contributed by atoms with Crippen molar-refractivity contribution in [2.45, 2.75) is 19.1 Å². The number of amides is 1. The van der Waals surface area contributed by atoms with E-state index in [1.807, 2.05) is 6.07 Å². The minimum Gasteiger partial charge on any atom is -0.378 e. The molecule has 6 nitrogen and oxygen atoms in total. The van der Waals surface area contributed by atoms with Gasteiger partial charge in [0.2, 0.25) is 0 Å². The minimum atomic E-state index is -1.25. The fourth-order valence-electron chi connectivity index (χ4n) is 2.53. The smallest absolute Gasteiger partial charge is 0.256 e. The minimum absolute atomic E-state index is 0.180. The summed E-state index contributed by atoms with van der Waals surface area (Å²) in [5, 5.41) is 10.1. The van der Waals surface area contributed by atoms with E-state index in [1.54, 1.807) is 24.5 Å². The largest absolute Gasteiger partial charge is 0.378 e. The second kappa shape index (κ2) is 5.49. The van der Waals surface area contributed by atoms with Crippen LogP contribution in [0.1, 0.15) is 22.8 Å². The highest BCUT2D eigenvalue weighted by molar-refractivity contribution is 5.82. The number of nitrogens with zero attached hydrogens (tertiary/aromatic N) is 2. The van der Waals surface area contributed by atoms with Gasteiger partial charge >= 0.3 is 0 Å². The molecular formula is C15H15N3O3. The lowest BCUT2D eigenvalue weighted by atomic mass is 10.0. The maximum atomic E-state index is 12.4. The van der Waals surface area contributed by atoms with Crippen molar-refractivity contribution < 1.29 is 9.90 Å². The molecule has 3 heterocycles. The number of nitrogens with one attached hydrogen (secondary N) is 1. The van der Waals surface area contributed by atoms with Crippen LogP contribution in [-0.4, -0.2) is 32.4 Å². The normalized spacial score (nSPS) is 15.4. The number of aromatic nitrogens is 2. The lowest BCUT2D eigenvalue weighted by Crippen LogP contribution is -2.41. The quantitative estimate of drug-likeness (QED) is 0.835. The third-order valence-electron chi connectivity index (χ3n) is 3.71. The summed E-state index contributed by atoms with van der Waals surface area (Å²) >= 11 is 0. The Kier molecular flexibility index (Phi) is 3.53. The van der Waals surface area contributed by atoms with E-state index in [-0.39, 0.29) is 12.1 Å². The van der Waals surface area contributed by atoms with Crippen molar-refractivity contribution in [2.24, 2.45) is 0 Å². The predicted octanol–water partition coefficient (Wildman–Crippen LogP) is 0.388. The standard InChI is InChI=1S/C15H15N3O3/c19-13(11-2-1-5-16-8-11)15(21)18-7-4-10-3-6-17-14(20)12(10)9-18/h1-3,5-6,8,13,19H,4,7,9H2,(H,17,20). The first-order valence-corrected chi connectivity index (χ1v) is 6.73. The topological polar surface area (TPSA) is 86.3 Å². The number of hydrogen-bond donors (Lipinski definition) is 2. The average molecular weight is 285 g/mol. The van der Waals surface area contributed by atoms with E-state index >= 15 is 0 Å². The molecule has 1 amide bonds. The van der Waals surface area contributed by atoms with Crippen LogP contribution in [-0.2, 0) is 17.8 Å². The molecule has 0 spiro atoms. The van der Waals surface area contributed by atoms with Crippen molar-refractivity contribution in [2.75, 3.05) is 6.54 Å². The number of carbonyl (C=O) groups is 1. The summed E-state index contributed by atoms with van der Waals surface area (Å²) in [5.74, 6) is -0.406. The maximum Gasteiger partial charge on any atom is 0.256 e. The van der Waals surface area contributed by atoms with Gasteiger partial charge in [0.1, 0.15) is 0 Å². The Morgan fingerprint density at radius 2 is 2.29 bits per heavy atom. The van der Waals surface area contributed by atoms with Crippen molar-refractivity contribution in [1.29, 1.82) is 0 Å². The first-order chi connectivity index (χ1) is 10.2. The number of rotatable bonds is 2. The molecule has 108 valence electrons. The first kappa shape index (κ1) is 13.5. The highest BCUT2D eigenvalue weighted by Crippen LogP contribution is 2.20. The Balaban J connectivity index is 1.81. The van der Waals surface area contributed by atoms with Gasteiger partial charge in [-0.05, 0) is 24.1 Å². The van der Waals surface area contributed by atoms with E-state index < -0.39 is 12.0 Å². The molecule has 21 heavy (non-hydrogen) atoms. The van der Waals surface area contributed by atoms with Gasteiger partial charge in [-0.25, -0.2) is 0 Å². The van der Waals surface area contributed by atoms with Crippen LogP contribution in [0.3, 0.4) is 0 Å². The first-order valence-electron chi connectivity index (χ1n) is 6.73. The molecular weight excluding hydrogens is 270 g/mol. The molecule has 2 aromatic heterocycles. The Morgan fingerprint density at radius 1 is 1.43 bits per heavy atom. The summed E-state index contributed by atoms with van der Waals surface area (Å²) in [6.07, 6.45) is 4.03. The zero-order valence-electron chi connectivity index (χ0n) is 11.3. The monoisotopic (exact) mass is 285 g/mol. The molecule has 0 aromatic carbocycles. The van der Waals surface area contributed by atoms with Gasteiger partial charge in [-0.1, -0.05) is 6.07 Å². The zero-order valence-corrected chi connectivity index (χ0v) is 11.3. The van der Waals surface area contributed by atoms with Gasteiger partial charge in [-0.15, -0.1) is 0 Å². The summed E-state index contributed by atoms with van der Waals surface area (Å²) in [7, 11) is 0. The number of hydrogen-bond acceptors (Lipinski definition) is 4. The van der Waals surface area contributed by atoms with E-state index in [1.165, 1.54) is 11.1 Å². The Labute approximate surface area is 121 Å². The molecule has 1 atom stereocenters. The number of aromatic amines is 1. The van der Waals surface area contributed by atoms with Gasteiger partial charge in [0.15, 0.2) is 6.10 Å². The fourth-order valence-corrected chi connectivity index (χ4v) is 2.53. The summed E-state index contributed by atoms with van der Waals surface area (Å²) in [6, 6.07) is 5.18. The molecule has 0 saturated carbocycles. The third-order valence-corrected chi connectivity index (χ3v) is 3.71. The second-order valence-electron chi connectivity index (χ2n) is 5.01. The average Bonchev–Trinajstić information content (AvgIpc) is 2.54. The van der Waals surface area contributed by atoms with E-state index in [0.717, 1.165) is 5.56 Å². The second-order valence-corrected chi connectivity index (χ2v) is 5.01. The van der Waals surface area contributed by atoms with Crippen molar-refractivity contribution in [3.8, 4) is 0 Å². The highest BCUT2D eigenvalue weighted by Gasteiger charge is 2.28. The van der Waals surface area contributed by atoms with Gasteiger partial charge in [-0.2, -0.15) is 0 Å². The molecule has 0 bridgehead atoms. The number of fused-ring (bicyclic) bond motifs is 1. The Morgan fingerprint density at radius 3 is 3.05 bits per heavy atom. The summed E-state index contributed by atoms with van der Waals surface area (Å²) in [6.45, 7) is 0.717. The van der Waals surface area contributed by atoms with Crippen LogP contribution < -0.4 is 5.56 Å². The number of aliphatic hydroxyl groups is 1. The maximum absolute atomic E-state index is 12.4. The predicted molar refractivity (Wildman–Crippen MR) is 75.4 cm³/mol. The number of carbonyl (C=O) groups excluding carboxylic acids is 1. The summed E-state index contributed by atoms with van der Waals surface area (Å²) in [4.78, 5) is 32.2. The molecule has 1 aliphatic heterocycles. The zero-order chi connectivity index (χ0) is 14.8. The van der Waals surface area contributed by atoms with Crippen LogP contribution in [0.5, 0.6) is 0 Å². The van der Waals surface area contributed by atoms with Crippen LogP contribution in [0, 0.1) is 0 Å². The van der Waals surface area contributed by atoms with E-state index in [2.05, 4.69) is 9.97 Å².